The maximum Gasteiger partial charge on any atom is 0.193 e. The van der Waals surface area contributed by atoms with E-state index < -0.39 is 14.5 Å². The molecule has 1 aromatic rings. The summed E-state index contributed by atoms with van der Waals surface area (Å²) in [6, 6.07) is 9.95. The van der Waals surface area contributed by atoms with Gasteiger partial charge >= 0.3 is 0 Å². The average molecular weight is 294 g/mol. The number of benzene rings is 1. The molecule has 0 aromatic heterocycles. The maximum atomic E-state index is 9.51. The van der Waals surface area contributed by atoms with Gasteiger partial charge in [-0.3, -0.25) is 0 Å². The molecule has 0 aliphatic heterocycles. The van der Waals surface area contributed by atoms with E-state index in [-0.39, 0.29) is 6.10 Å². The summed E-state index contributed by atoms with van der Waals surface area (Å²) in [6.07, 6.45) is -0.00723. The topological polar surface area (TPSA) is 47.9 Å². The summed E-state index contributed by atoms with van der Waals surface area (Å²) in [5.41, 5.74) is 1.54. The van der Waals surface area contributed by atoms with Crippen LogP contribution in [0.2, 0.25) is 0 Å². The molecule has 0 bridgehead atoms. The molecule has 0 saturated carbocycles. The largest absolute Gasteiger partial charge is 0.378 e. The van der Waals surface area contributed by atoms with Crippen LogP contribution in [0.4, 0.5) is 0 Å². The highest BCUT2D eigenvalue weighted by atomic mass is 31.2. The number of hydrogen-bond acceptors (Lipinski definition) is 4. The molecule has 20 heavy (non-hydrogen) atoms. The van der Waals surface area contributed by atoms with E-state index in [1.807, 2.05) is 30.3 Å². The predicted molar refractivity (Wildman–Crippen MR) is 81.7 cm³/mol. The van der Waals surface area contributed by atoms with Crippen LogP contribution in [0.15, 0.2) is 41.6 Å². The number of hydrogen-bond donors (Lipinski definition) is 1. The Balaban J connectivity index is 2.81. The van der Waals surface area contributed by atoms with E-state index in [0.29, 0.717) is 11.9 Å². The molecule has 0 saturated heterocycles. The summed E-state index contributed by atoms with van der Waals surface area (Å²) >= 11 is 0. The fourth-order valence-electron chi connectivity index (χ4n) is 1.92. The SMILES string of the molecule is [B]/C(=C\P(O)OC)C(OC)[C@H](Cc1ccccc1)OC. The van der Waals surface area contributed by atoms with Crippen molar-refractivity contribution in [3.8, 4) is 0 Å². The minimum atomic E-state index is -1.67. The van der Waals surface area contributed by atoms with E-state index >= 15 is 0 Å². The van der Waals surface area contributed by atoms with Crippen LogP contribution in [0.25, 0.3) is 0 Å². The molecular weight excluding hydrogens is 274 g/mol. The Hall–Kier alpha value is -0.705. The Bertz CT molecular complexity index is 413. The first-order chi connectivity index (χ1) is 9.62. The van der Waals surface area contributed by atoms with E-state index in [1.165, 1.54) is 12.9 Å². The van der Waals surface area contributed by atoms with Gasteiger partial charge in [0.2, 0.25) is 0 Å². The molecule has 1 rings (SSSR count). The van der Waals surface area contributed by atoms with Gasteiger partial charge in [-0.05, 0) is 11.4 Å². The third kappa shape index (κ3) is 5.35. The van der Waals surface area contributed by atoms with Crippen LogP contribution in [0.3, 0.4) is 0 Å². The highest BCUT2D eigenvalue weighted by molar-refractivity contribution is 7.49. The fraction of sp³-hybridized carbons (Fsp3) is 0.429. The lowest BCUT2D eigenvalue weighted by Gasteiger charge is -2.26. The molecule has 0 amide bonds. The van der Waals surface area contributed by atoms with E-state index in [0.717, 1.165) is 5.56 Å². The zero-order valence-corrected chi connectivity index (χ0v) is 12.9. The number of rotatable bonds is 8. The van der Waals surface area contributed by atoms with Crippen LogP contribution in [0.5, 0.6) is 0 Å². The predicted octanol–water partition coefficient (Wildman–Crippen LogP) is 2.22. The van der Waals surface area contributed by atoms with Crippen molar-refractivity contribution in [3.05, 3.63) is 47.2 Å². The Labute approximate surface area is 123 Å². The van der Waals surface area contributed by atoms with Gasteiger partial charge in [0.05, 0.1) is 12.2 Å². The number of methoxy groups -OCH3 is 2. The summed E-state index contributed by atoms with van der Waals surface area (Å²) in [5.74, 6) is 1.47. The zero-order chi connectivity index (χ0) is 15.0. The Morgan fingerprint density at radius 3 is 2.40 bits per heavy atom. The molecule has 4 nitrogen and oxygen atoms in total. The molecule has 0 aliphatic rings. The summed E-state index contributed by atoms with van der Waals surface area (Å²) < 4.78 is 15.7. The molecule has 2 radical (unpaired) electrons. The molecule has 1 N–H and O–H groups in total. The molecule has 108 valence electrons. The van der Waals surface area contributed by atoms with Crippen molar-refractivity contribution in [2.75, 3.05) is 21.3 Å². The number of ether oxygens (including phenoxy) is 2. The van der Waals surface area contributed by atoms with E-state index in [9.17, 15) is 4.89 Å². The third-order valence-electron chi connectivity index (χ3n) is 2.95. The van der Waals surface area contributed by atoms with Crippen LogP contribution in [0, 0.1) is 0 Å². The average Bonchev–Trinajstić information content (AvgIpc) is 2.47. The van der Waals surface area contributed by atoms with E-state index in [1.54, 1.807) is 14.2 Å². The van der Waals surface area contributed by atoms with Gasteiger partial charge in [-0.2, -0.15) is 0 Å². The molecule has 0 heterocycles. The van der Waals surface area contributed by atoms with Gasteiger partial charge in [0.15, 0.2) is 8.38 Å². The lowest BCUT2D eigenvalue weighted by atomic mass is 9.87. The van der Waals surface area contributed by atoms with Crippen LogP contribution in [0.1, 0.15) is 5.56 Å². The van der Waals surface area contributed by atoms with Gasteiger partial charge in [-0.25, -0.2) is 0 Å². The first kappa shape index (κ1) is 17.3. The van der Waals surface area contributed by atoms with Crippen LogP contribution < -0.4 is 0 Å². The van der Waals surface area contributed by atoms with Gasteiger partial charge in [-0.1, -0.05) is 35.8 Å². The summed E-state index contributed by atoms with van der Waals surface area (Å²) in [6.45, 7) is 0. The zero-order valence-electron chi connectivity index (χ0n) is 12.0. The normalized spacial score (nSPS) is 16.7. The minimum Gasteiger partial charge on any atom is -0.378 e. The Kier molecular flexibility index (Phi) is 8.04. The van der Waals surface area contributed by atoms with Crippen molar-refractivity contribution >= 4 is 16.2 Å². The second kappa shape index (κ2) is 9.27. The molecule has 1 aromatic carbocycles. The van der Waals surface area contributed by atoms with Crippen LogP contribution in [-0.2, 0) is 20.4 Å². The van der Waals surface area contributed by atoms with Gasteiger partial charge in [0.1, 0.15) is 7.85 Å². The molecule has 2 unspecified atom stereocenters. The molecule has 0 fully saturated rings. The second-order valence-electron chi connectivity index (χ2n) is 4.23. The maximum absolute atomic E-state index is 9.51. The van der Waals surface area contributed by atoms with Crippen molar-refractivity contribution < 1.29 is 18.9 Å². The fourth-order valence-corrected chi connectivity index (χ4v) is 2.42. The van der Waals surface area contributed by atoms with Crippen LogP contribution in [-0.4, -0.2) is 46.3 Å². The lowest BCUT2D eigenvalue weighted by Crippen LogP contribution is -2.33. The van der Waals surface area contributed by atoms with Gasteiger partial charge in [-0.15, -0.1) is 0 Å². The third-order valence-corrected chi connectivity index (χ3v) is 3.84. The monoisotopic (exact) mass is 294 g/mol. The summed E-state index contributed by atoms with van der Waals surface area (Å²) in [7, 11) is 8.91. The van der Waals surface area contributed by atoms with Crippen molar-refractivity contribution in [2.45, 2.75) is 18.6 Å². The second-order valence-corrected chi connectivity index (χ2v) is 5.46. The molecule has 3 atom stereocenters. The standard InChI is InChI=1S/C14H20BO4P/c1-17-13(9-11-7-5-4-6-8-11)14(18-2)12(15)10-20(16)19-3/h4-8,10,13-14,16H,9H2,1-3H3/b12-10-/t13-,14?,20?/m0/s1. The molecule has 0 spiro atoms. The highest BCUT2D eigenvalue weighted by Gasteiger charge is 2.23. The van der Waals surface area contributed by atoms with Gasteiger partial charge < -0.3 is 18.9 Å². The van der Waals surface area contributed by atoms with Crippen molar-refractivity contribution in [1.82, 2.24) is 0 Å². The molecule has 6 heteroatoms. The van der Waals surface area contributed by atoms with E-state index in [4.69, 9.17) is 21.8 Å². The summed E-state index contributed by atoms with van der Waals surface area (Å²) in [5, 5.41) is 0. The van der Waals surface area contributed by atoms with Gasteiger partial charge in [0, 0.05) is 27.8 Å². The summed E-state index contributed by atoms with van der Waals surface area (Å²) in [4.78, 5) is 9.51. The molecular formula is C14H20BO4P. The molecule has 0 aliphatic carbocycles. The first-order valence-electron chi connectivity index (χ1n) is 6.21. The van der Waals surface area contributed by atoms with Crippen molar-refractivity contribution in [2.24, 2.45) is 0 Å². The van der Waals surface area contributed by atoms with E-state index in [2.05, 4.69) is 0 Å². The first-order valence-corrected chi connectivity index (χ1v) is 7.49. The lowest BCUT2D eigenvalue weighted by molar-refractivity contribution is -0.0129. The highest BCUT2D eigenvalue weighted by Crippen LogP contribution is 2.34. The quantitative estimate of drug-likeness (QED) is 0.590. The Morgan fingerprint density at radius 1 is 1.25 bits per heavy atom. The van der Waals surface area contributed by atoms with Crippen molar-refractivity contribution in [1.29, 1.82) is 0 Å². The smallest absolute Gasteiger partial charge is 0.193 e. The Morgan fingerprint density at radius 2 is 1.90 bits per heavy atom. The minimum absolute atomic E-state index is 0.237. The van der Waals surface area contributed by atoms with Gasteiger partial charge in [0.25, 0.3) is 0 Å². The van der Waals surface area contributed by atoms with Crippen molar-refractivity contribution in [3.63, 3.8) is 0 Å². The van der Waals surface area contributed by atoms with Crippen LogP contribution >= 0.6 is 8.38 Å².